The summed E-state index contributed by atoms with van der Waals surface area (Å²) < 4.78 is 0. The summed E-state index contributed by atoms with van der Waals surface area (Å²) in [6, 6.07) is 1.08. The third-order valence-corrected chi connectivity index (χ3v) is 3.38. The van der Waals surface area contributed by atoms with Gasteiger partial charge < -0.3 is 10.2 Å². The summed E-state index contributed by atoms with van der Waals surface area (Å²) >= 11 is 0. The van der Waals surface area contributed by atoms with E-state index in [9.17, 15) is 4.79 Å². The lowest BCUT2D eigenvalue weighted by Crippen LogP contribution is -2.35. The first kappa shape index (κ1) is 15.5. The van der Waals surface area contributed by atoms with E-state index in [1.807, 2.05) is 0 Å². The maximum Gasteiger partial charge on any atom is 0.222 e. The molecule has 0 bridgehead atoms. The summed E-state index contributed by atoms with van der Waals surface area (Å²) in [5.74, 6) is 1.05. The number of hydrogen-bond acceptors (Lipinski definition) is 2. The second-order valence-electron chi connectivity index (χ2n) is 6.21. The summed E-state index contributed by atoms with van der Waals surface area (Å²) in [6.45, 7) is 10.6. The molecule has 1 amide bonds. The highest BCUT2D eigenvalue weighted by Gasteiger charge is 2.31. The number of hydrogen-bond donors (Lipinski definition) is 1. The van der Waals surface area contributed by atoms with Crippen molar-refractivity contribution in [2.75, 3.05) is 13.1 Å². The molecule has 106 valence electrons. The zero-order valence-corrected chi connectivity index (χ0v) is 12.5. The fourth-order valence-corrected chi connectivity index (χ4v) is 2.07. The van der Waals surface area contributed by atoms with Crippen molar-refractivity contribution in [3.8, 4) is 0 Å². The predicted molar refractivity (Wildman–Crippen MR) is 76.6 cm³/mol. The minimum absolute atomic E-state index is 0.365. The van der Waals surface area contributed by atoms with E-state index in [0.717, 1.165) is 25.9 Å². The van der Waals surface area contributed by atoms with Crippen LogP contribution in [0, 0.1) is 5.92 Å². The van der Waals surface area contributed by atoms with Gasteiger partial charge in [-0.05, 0) is 38.1 Å². The van der Waals surface area contributed by atoms with Crippen LogP contribution < -0.4 is 5.32 Å². The molecule has 0 saturated heterocycles. The fraction of sp³-hybridized carbons (Fsp3) is 0.933. The lowest BCUT2D eigenvalue weighted by atomic mass is 10.1. The Labute approximate surface area is 112 Å². The van der Waals surface area contributed by atoms with Gasteiger partial charge in [0.1, 0.15) is 0 Å². The SMILES string of the molecule is CC(C)CCN(C(=O)CCCNC(C)C)C1CC1. The largest absolute Gasteiger partial charge is 0.340 e. The van der Waals surface area contributed by atoms with Gasteiger partial charge in [-0.3, -0.25) is 4.79 Å². The lowest BCUT2D eigenvalue weighted by molar-refractivity contribution is -0.132. The van der Waals surface area contributed by atoms with Gasteiger partial charge in [0.05, 0.1) is 0 Å². The minimum atomic E-state index is 0.365. The molecule has 0 atom stereocenters. The minimum Gasteiger partial charge on any atom is -0.340 e. The van der Waals surface area contributed by atoms with E-state index in [1.165, 1.54) is 12.8 Å². The van der Waals surface area contributed by atoms with Crippen LogP contribution in [0.5, 0.6) is 0 Å². The number of nitrogens with one attached hydrogen (secondary N) is 1. The van der Waals surface area contributed by atoms with Gasteiger partial charge in [0, 0.05) is 25.0 Å². The van der Waals surface area contributed by atoms with Crippen LogP contribution >= 0.6 is 0 Å². The molecule has 1 saturated carbocycles. The number of rotatable bonds is 9. The van der Waals surface area contributed by atoms with Crippen molar-refractivity contribution in [1.29, 1.82) is 0 Å². The Kier molecular flexibility index (Phi) is 6.69. The quantitative estimate of drug-likeness (QED) is 0.642. The standard InChI is InChI=1S/C15H30N2O/c1-12(2)9-11-17(14-7-8-14)15(18)6-5-10-16-13(3)4/h12-14,16H,5-11H2,1-4H3. The van der Waals surface area contributed by atoms with E-state index in [-0.39, 0.29) is 0 Å². The number of carbonyl (C=O) groups is 1. The molecule has 1 fully saturated rings. The Hall–Kier alpha value is -0.570. The highest BCUT2D eigenvalue weighted by Crippen LogP contribution is 2.28. The third-order valence-electron chi connectivity index (χ3n) is 3.38. The van der Waals surface area contributed by atoms with Crippen LogP contribution in [0.25, 0.3) is 0 Å². The van der Waals surface area contributed by atoms with Crippen LogP contribution in [-0.4, -0.2) is 36.0 Å². The third kappa shape index (κ3) is 6.39. The van der Waals surface area contributed by atoms with E-state index in [4.69, 9.17) is 0 Å². The smallest absolute Gasteiger partial charge is 0.222 e. The highest BCUT2D eigenvalue weighted by atomic mass is 16.2. The van der Waals surface area contributed by atoms with Gasteiger partial charge in [0.25, 0.3) is 0 Å². The Bertz CT molecular complexity index is 247. The van der Waals surface area contributed by atoms with Gasteiger partial charge in [-0.25, -0.2) is 0 Å². The van der Waals surface area contributed by atoms with E-state index in [0.29, 0.717) is 30.3 Å². The molecule has 1 rings (SSSR count). The van der Waals surface area contributed by atoms with Gasteiger partial charge in [0.15, 0.2) is 0 Å². The Morgan fingerprint density at radius 1 is 1.28 bits per heavy atom. The van der Waals surface area contributed by atoms with Crippen molar-refractivity contribution in [3.05, 3.63) is 0 Å². The molecule has 0 unspecified atom stereocenters. The molecule has 0 aromatic carbocycles. The van der Waals surface area contributed by atoms with Gasteiger partial charge in [-0.15, -0.1) is 0 Å². The Morgan fingerprint density at radius 2 is 1.94 bits per heavy atom. The molecular weight excluding hydrogens is 224 g/mol. The molecule has 0 heterocycles. The molecule has 18 heavy (non-hydrogen) atoms. The summed E-state index contributed by atoms with van der Waals surface area (Å²) in [7, 11) is 0. The van der Waals surface area contributed by atoms with Crippen molar-refractivity contribution < 1.29 is 4.79 Å². The van der Waals surface area contributed by atoms with Crippen LogP contribution in [0.4, 0.5) is 0 Å². The predicted octanol–water partition coefficient (Wildman–Crippen LogP) is 2.80. The molecule has 3 heteroatoms. The maximum absolute atomic E-state index is 12.2. The average Bonchev–Trinajstić information content (AvgIpc) is 3.08. The van der Waals surface area contributed by atoms with E-state index < -0.39 is 0 Å². The number of carbonyl (C=O) groups excluding carboxylic acids is 1. The molecule has 0 aliphatic heterocycles. The van der Waals surface area contributed by atoms with Gasteiger partial charge in [-0.2, -0.15) is 0 Å². The molecule has 0 aromatic heterocycles. The van der Waals surface area contributed by atoms with Crippen molar-refractivity contribution in [1.82, 2.24) is 10.2 Å². The van der Waals surface area contributed by atoms with Crippen molar-refractivity contribution in [2.24, 2.45) is 5.92 Å². The summed E-state index contributed by atoms with van der Waals surface area (Å²) in [5.41, 5.74) is 0. The van der Waals surface area contributed by atoms with Gasteiger partial charge >= 0.3 is 0 Å². The lowest BCUT2D eigenvalue weighted by Gasteiger charge is -2.23. The zero-order valence-electron chi connectivity index (χ0n) is 12.5. The molecule has 1 N–H and O–H groups in total. The Morgan fingerprint density at radius 3 is 2.44 bits per heavy atom. The Balaban J connectivity index is 2.22. The monoisotopic (exact) mass is 254 g/mol. The normalized spacial score (nSPS) is 15.4. The van der Waals surface area contributed by atoms with Crippen LogP contribution in [0.3, 0.4) is 0 Å². The van der Waals surface area contributed by atoms with Crippen LogP contribution in [0.15, 0.2) is 0 Å². The number of nitrogens with zero attached hydrogens (tertiary/aromatic N) is 1. The van der Waals surface area contributed by atoms with Crippen LogP contribution in [0.2, 0.25) is 0 Å². The average molecular weight is 254 g/mol. The van der Waals surface area contributed by atoms with Crippen molar-refractivity contribution in [3.63, 3.8) is 0 Å². The molecular formula is C15H30N2O. The molecule has 0 spiro atoms. The first-order chi connectivity index (χ1) is 8.50. The number of amides is 1. The summed E-state index contributed by atoms with van der Waals surface area (Å²) in [4.78, 5) is 14.3. The van der Waals surface area contributed by atoms with Crippen LogP contribution in [-0.2, 0) is 4.79 Å². The summed E-state index contributed by atoms with van der Waals surface area (Å²) in [5, 5.41) is 3.36. The molecule has 1 aliphatic carbocycles. The van der Waals surface area contributed by atoms with Crippen molar-refractivity contribution in [2.45, 2.75) is 71.9 Å². The molecule has 3 nitrogen and oxygen atoms in total. The summed E-state index contributed by atoms with van der Waals surface area (Å²) in [6.07, 6.45) is 5.23. The maximum atomic E-state index is 12.2. The van der Waals surface area contributed by atoms with E-state index in [1.54, 1.807) is 0 Å². The van der Waals surface area contributed by atoms with Gasteiger partial charge in [-0.1, -0.05) is 27.7 Å². The first-order valence-electron chi connectivity index (χ1n) is 7.53. The fourth-order valence-electron chi connectivity index (χ4n) is 2.07. The van der Waals surface area contributed by atoms with E-state index in [2.05, 4.69) is 37.9 Å². The van der Waals surface area contributed by atoms with Crippen molar-refractivity contribution >= 4 is 5.91 Å². The molecule has 1 aliphatic rings. The second-order valence-corrected chi connectivity index (χ2v) is 6.21. The molecule has 0 radical (unpaired) electrons. The second kappa shape index (κ2) is 7.78. The zero-order chi connectivity index (χ0) is 13.5. The first-order valence-corrected chi connectivity index (χ1v) is 7.53. The van der Waals surface area contributed by atoms with Crippen LogP contribution in [0.1, 0.15) is 59.8 Å². The van der Waals surface area contributed by atoms with Gasteiger partial charge in [0.2, 0.25) is 5.91 Å². The highest BCUT2D eigenvalue weighted by molar-refractivity contribution is 5.76. The van der Waals surface area contributed by atoms with E-state index >= 15 is 0 Å². The molecule has 0 aromatic rings. The topological polar surface area (TPSA) is 32.3 Å².